The zero-order valence-electron chi connectivity index (χ0n) is 14.3. The van der Waals surface area contributed by atoms with Gasteiger partial charge in [-0.2, -0.15) is 0 Å². The van der Waals surface area contributed by atoms with Gasteiger partial charge in [0.15, 0.2) is 11.0 Å². The SMILES string of the molecule is CN(CC1CCN(C(=O)OC(C)(C)C)CC1)c1nccnc1Cl. The van der Waals surface area contributed by atoms with Crippen LogP contribution in [0, 0.1) is 5.92 Å². The first kappa shape index (κ1) is 17.8. The number of likely N-dealkylation sites (tertiary alicyclic amines) is 1. The van der Waals surface area contributed by atoms with Crippen molar-refractivity contribution >= 4 is 23.5 Å². The molecule has 1 aliphatic rings. The van der Waals surface area contributed by atoms with E-state index in [-0.39, 0.29) is 6.09 Å². The summed E-state index contributed by atoms with van der Waals surface area (Å²) >= 11 is 6.08. The molecule has 0 saturated carbocycles. The van der Waals surface area contributed by atoms with E-state index in [1.165, 1.54) is 0 Å². The topological polar surface area (TPSA) is 58.6 Å². The number of aromatic nitrogens is 2. The highest BCUT2D eigenvalue weighted by atomic mass is 35.5. The Kier molecular flexibility index (Phi) is 5.68. The van der Waals surface area contributed by atoms with Crippen molar-refractivity contribution in [1.29, 1.82) is 0 Å². The normalized spacial score (nSPS) is 16.3. The Morgan fingerprint density at radius 2 is 1.96 bits per heavy atom. The van der Waals surface area contributed by atoms with Crippen LogP contribution >= 0.6 is 11.6 Å². The molecule has 0 aromatic carbocycles. The number of anilines is 1. The van der Waals surface area contributed by atoms with Gasteiger partial charge >= 0.3 is 6.09 Å². The summed E-state index contributed by atoms with van der Waals surface area (Å²) in [7, 11) is 1.97. The molecule has 0 spiro atoms. The number of nitrogens with zero attached hydrogens (tertiary/aromatic N) is 4. The van der Waals surface area contributed by atoms with Crippen LogP contribution in [0.3, 0.4) is 0 Å². The van der Waals surface area contributed by atoms with E-state index in [0.717, 1.165) is 32.5 Å². The fraction of sp³-hybridized carbons (Fsp3) is 0.688. The summed E-state index contributed by atoms with van der Waals surface area (Å²) in [5.74, 6) is 1.19. The molecule has 0 radical (unpaired) electrons. The lowest BCUT2D eigenvalue weighted by Gasteiger charge is -2.35. The van der Waals surface area contributed by atoms with Gasteiger partial charge in [0.1, 0.15) is 5.60 Å². The van der Waals surface area contributed by atoms with Crippen LogP contribution in [-0.4, -0.2) is 53.2 Å². The van der Waals surface area contributed by atoms with Crippen LogP contribution in [0.2, 0.25) is 5.15 Å². The van der Waals surface area contributed by atoms with Crippen molar-refractivity contribution in [3.05, 3.63) is 17.5 Å². The second-order valence-electron chi connectivity index (χ2n) is 6.96. The zero-order chi connectivity index (χ0) is 17.0. The molecule has 1 aliphatic heterocycles. The molecule has 0 bridgehead atoms. The molecule has 6 nitrogen and oxygen atoms in total. The molecule has 1 fully saturated rings. The Balaban J connectivity index is 1.83. The van der Waals surface area contributed by atoms with Gasteiger partial charge in [-0.1, -0.05) is 11.6 Å². The van der Waals surface area contributed by atoms with Gasteiger partial charge in [0, 0.05) is 39.1 Å². The van der Waals surface area contributed by atoms with E-state index < -0.39 is 5.60 Å². The molecule has 1 amide bonds. The monoisotopic (exact) mass is 340 g/mol. The van der Waals surface area contributed by atoms with Gasteiger partial charge in [-0.05, 0) is 39.5 Å². The minimum Gasteiger partial charge on any atom is -0.444 e. The molecule has 128 valence electrons. The van der Waals surface area contributed by atoms with Crippen LogP contribution in [-0.2, 0) is 4.74 Å². The highest BCUT2D eigenvalue weighted by Gasteiger charge is 2.27. The molecule has 2 rings (SSSR count). The largest absolute Gasteiger partial charge is 0.444 e. The Morgan fingerprint density at radius 1 is 1.35 bits per heavy atom. The number of piperidine rings is 1. The summed E-state index contributed by atoms with van der Waals surface area (Å²) in [5, 5.41) is 0.418. The van der Waals surface area contributed by atoms with Crippen molar-refractivity contribution in [1.82, 2.24) is 14.9 Å². The number of amides is 1. The molecule has 7 heteroatoms. The smallest absolute Gasteiger partial charge is 0.410 e. The van der Waals surface area contributed by atoms with E-state index in [4.69, 9.17) is 16.3 Å². The van der Waals surface area contributed by atoms with E-state index in [2.05, 4.69) is 9.97 Å². The lowest BCUT2D eigenvalue weighted by molar-refractivity contribution is 0.0186. The van der Waals surface area contributed by atoms with Crippen molar-refractivity contribution in [2.24, 2.45) is 5.92 Å². The lowest BCUT2D eigenvalue weighted by atomic mass is 9.96. The Morgan fingerprint density at radius 3 is 2.52 bits per heavy atom. The number of rotatable bonds is 3. The summed E-state index contributed by atoms with van der Waals surface area (Å²) in [6.07, 6.45) is 4.89. The molecular formula is C16H25ClN4O2. The van der Waals surface area contributed by atoms with Crippen LogP contribution < -0.4 is 4.90 Å². The van der Waals surface area contributed by atoms with Gasteiger partial charge in [0.05, 0.1) is 0 Å². The maximum absolute atomic E-state index is 12.1. The molecule has 2 heterocycles. The first-order valence-electron chi connectivity index (χ1n) is 7.92. The average Bonchev–Trinajstić information content (AvgIpc) is 2.46. The van der Waals surface area contributed by atoms with E-state index in [1.54, 1.807) is 17.3 Å². The maximum Gasteiger partial charge on any atom is 0.410 e. The Bertz CT molecular complexity index is 539. The van der Waals surface area contributed by atoms with E-state index in [9.17, 15) is 4.79 Å². The molecule has 0 aliphatic carbocycles. The van der Waals surface area contributed by atoms with Crippen molar-refractivity contribution in [2.75, 3.05) is 31.6 Å². The van der Waals surface area contributed by atoms with Crippen molar-refractivity contribution in [3.63, 3.8) is 0 Å². The number of carbonyl (C=O) groups is 1. The van der Waals surface area contributed by atoms with E-state index in [1.807, 2.05) is 32.7 Å². The van der Waals surface area contributed by atoms with Gasteiger partial charge in [-0.3, -0.25) is 0 Å². The fourth-order valence-corrected chi connectivity index (χ4v) is 2.92. The summed E-state index contributed by atoms with van der Waals surface area (Å²) < 4.78 is 5.42. The number of hydrogen-bond acceptors (Lipinski definition) is 5. The van der Waals surface area contributed by atoms with E-state index in [0.29, 0.717) is 16.9 Å². The molecule has 0 N–H and O–H groups in total. The molecular weight excluding hydrogens is 316 g/mol. The summed E-state index contributed by atoms with van der Waals surface area (Å²) in [6, 6.07) is 0. The highest BCUT2D eigenvalue weighted by Crippen LogP contribution is 2.24. The summed E-state index contributed by atoms with van der Waals surface area (Å²) in [4.78, 5) is 24.2. The maximum atomic E-state index is 12.1. The van der Waals surface area contributed by atoms with Crippen molar-refractivity contribution < 1.29 is 9.53 Å². The minimum atomic E-state index is -0.448. The quantitative estimate of drug-likeness (QED) is 0.845. The third-order valence-corrected chi connectivity index (χ3v) is 4.06. The van der Waals surface area contributed by atoms with Crippen LogP contribution in [0.25, 0.3) is 0 Å². The van der Waals surface area contributed by atoms with Crippen LogP contribution in [0.15, 0.2) is 12.4 Å². The van der Waals surface area contributed by atoms with Crippen molar-refractivity contribution in [2.45, 2.75) is 39.2 Å². The molecule has 0 atom stereocenters. The second kappa shape index (κ2) is 7.34. The molecule has 23 heavy (non-hydrogen) atoms. The van der Waals surface area contributed by atoms with Crippen molar-refractivity contribution in [3.8, 4) is 0 Å². The molecule has 1 aromatic heterocycles. The molecule has 1 saturated heterocycles. The zero-order valence-corrected chi connectivity index (χ0v) is 15.0. The highest BCUT2D eigenvalue weighted by molar-refractivity contribution is 6.31. The van der Waals surface area contributed by atoms with E-state index >= 15 is 0 Å². The Labute approximate surface area is 142 Å². The van der Waals surface area contributed by atoms with Gasteiger partial charge in [-0.25, -0.2) is 14.8 Å². The third kappa shape index (κ3) is 5.23. The van der Waals surface area contributed by atoms with Crippen LogP contribution in [0.4, 0.5) is 10.6 Å². The van der Waals surface area contributed by atoms with Gasteiger partial charge in [0.2, 0.25) is 0 Å². The van der Waals surface area contributed by atoms with Gasteiger partial charge in [0.25, 0.3) is 0 Å². The number of carbonyl (C=O) groups excluding carboxylic acids is 1. The third-order valence-electron chi connectivity index (χ3n) is 3.80. The van der Waals surface area contributed by atoms with Crippen LogP contribution in [0.5, 0.6) is 0 Å². The number of ether oxygens (including phenoxy) is 1. The van der Waals surface area contributed by atoms with Crippen LogP contribution in [0.1, 0.15) is 33.6 Å². The predicted octanol–water partition coefficient (Wildman–Crippen LogP) is 3.21. The van der Waals surface area contributed by atoms with Gasteiger partial charge < -0.3 is 14.5 Å². The average molecular weight is 341 g/mol. The second-order valence-corrected chi connectivity index (χ2v) is 7.32. The van der Waals surface area contributed by atoms with Gasteiger partial charge in [-0.15, -0.1) is 0 Å². The Hall–Kier alpha value is -1.56. The summed E-state index contributed by atoms with van der Waals surface area (Å²) in [6.45, 7) is 7.95. The molecule has 0 unspecified atom stereocenters. The predicted molar refractivity (Wildman–Crippen MR) is 90.8 cm³/mol. The standard InChI is InChI=1S/C16H25ClN4O2/c1-16(2,3)23-15(22)21-9-5-12(6-10-21)11-20(4)14-13(17)18-7-8-19-14/h7-8,12H,5-6,9-11H2,1-4H3. The minimum absolute atomic E-state index is 0.221. The first-order chi connectivity index (χ1) is 10.8. The first-order valence-corrected chi connectivity index (χ1v) is 8.29. The lowest BCUT2D eigenvalue weighted by Crippen LogP contribution is -2.43. The summed E-state index contributed by atoms with van der Waals surface area (Å²) in [5.41, 5.74) is -0.448. The number of halogens is 1. The fourth-order valence-electron chi connectivity index (χ4n) is 2.67. The number of hydrogen-bond donors (Lipinski definition) is 0. The molecule has 1 aromatic rings.